The molecule has 1 aliphatic heterocycles. The second-order valence-electron chi connectivity index (χ2n) is 8.55. The molecule has 0 saturated carbocycles. The van der Waals surface area contributed by atoms with E-state index in [0.29, 0.717) is 49.3 Å². The molecule has 9 heteroatoms. The van der Waals surface area contributed by atoms with E-state index in [0.717, 1.165) is 28.3 Å². The normalized spacial score (nSPS) is 14.7. The molecule has 3 heterocycles. The summed E-state index contributed by atoms with van der Waals surface area (Å²) in [4.78, 5) is 26.0. The van der Waals surface area contributed by atoms with Crippen LogP contribution < -0.4 is 0 Å². The minimum Gasteiger partial charge on any atom is -0.340 e. The van der Waals surface area contributed by atoms with Gasteiger partial charge in [0.15, 0.2) is 0 Å². The van der Waals surface area contributed by atoms with Crippen LogP contribution in [-0.4, -0.2) is 61.6 Å². The number of hydrogen-bond acceptors (Lipinski definition) is 5. The van der Waals surface area contributed by atoms with Gasteiger partial charge in [0.1, 0.15) is 5.82 Å². The maximum atomic E-state index is 14.1. The summed E-state index contributed by atoms with van der Waals surface area (Å²) in [5.74, 6) is 0.287. The summed E-state index contributed by atoms with van der Waals surface area (Å²) in [7, 11) is 0. The Morgan fingerprint density at radius 3 is 2.33 bits per heavy atom. The van der Waals surface area contributed by atoms with E-state index in [4.69, 9.17) is 11.6 Å². The van der Waals surface area contributed by atoms with Crippen molar-refractivity contribution >= 4 is 17.5 Å². The predicted octanol–water partition coefficient (Wildman–Crippen LogP) is 3.58. The van der Waals surface area contributed by atoms with Crippen LogP contribution in [-0.2, 0) is 17.8 Å². The summed E-state index contributed by atoms with van der Waals surface area (Å²) in [6, 6.07) is 6.65. The molecular formula is C24H28ClFN6O. The highest BCUT2D eigenvalue weighted by Gasteiger charge is 2.25. The van der Waals surface area contributed by atoms with Crippen molar-refractivity contribution in [2.75, 3.05) is 26.2 Å². The molecule has 7 nitrogen and oxygen atoms in total. The van der Waals surface area contributed by atoms with E-state index in [1.807, 2.05) is 38.7 Å². The Morgan fingerprint density at radius 1 is 1.03 bits per heavy atom. The van der Waals surface area contributed by atoms with Gasteiger partial charge in [-0.05, 0) is 45.9 Å². The molecule has 33 heavy (non-hydrogen) atoms. The van der Waals surface area contributed by atoms with Gasteiger partial charge in [-0.25, -0.2) is 19.0 Å². The Bertz CT molecular complexity index is 1150. The maximum absolute atomic E-state index is 14.1. The van der Waals surface area contributed by atoms with Crippen LogP contribution in [0.15, 0.2) is 24.3 Å². The average molecular weight is 471 g/mol. The molecule has 0 unspecified atom stereocenters. The summed E-state index contributed by atoms with van der Waals surface area (Å²) in [5, 5.41) is 5.04. The molecule has 0 spiro atoms. The van der Waals surface area contributed by atoms with Gasteiger partial charge in [-0.15, -0.1) is 0 Å². The summed E-state index contributed by atoms with van der Waals surface area (Å²) in [6.45, 7) is 10.7. The molecule has 2 aromatic heterocycles. The quantitative estimate of drug-likeness (QED) is 0.570. The van der Waals surface area contributed by atoms with Gasteiger partial charge in [0.05, 0.1) is 12.1 Å². The third kappa shape index (κ3) is 5.07. The molecule has 3 aromatic rings. The lowest BCUT2D eigenvalue weighted by Crippen LogP contribution is -2.48. The van der Waals surface area contributed by atoms with Crippen LogP contribution in [0.4, 0.5) is 4.39 Å². The monoisotopic (exact) mass is 470 g/mol. The lowest BCUT2D eigenvalue weighted by Gasteiger charge is -2.35. The number of carbonyl (C=O) groups excluding carboxylic acids is 1. The minimum atomic E-state index is -0.295. The standard InChI is InChI=1S/C24H28ClFN6O/c1-15-12-16(2)28-24(27-15)32-18(4)19(17(3)29-32)13-23(33)31-10-8-30(9-11-31)14-20-21(25)6-5-7-22(20)26/h5-7,12H,8-11,13-14H2,1-4H3. The van der Waals surface area contributed by atoms with Crippen molar-refractivity contribution in [1.82, 2.24) is 29.5 Å². The molecule has 4 rings (SSSR count). The van der Waals surface area contributed by atoms with E-state index >= 15 is 0 Å². The fraction of sp³-hybridized carbons (Fsp3) is 0.417. The summed E-state index contributed by atoms with van der Waals surface area (Å²) < 4.78 is 15.8. The zero-order valence-electron chi connectivity index (χ0n) is 19.4. The van der Waals surface area contributed by atoms with E-state index in [9.17, 15) is 9.18 Å². The highest BCUT2D eigenvalue weighted by atomic mass is 35.5. The van der Waals surface area contributed by atoms with E-state index in [1.165, 1.54) is 6.07 Å². The average Bonchev–Trinajstić information content (AvgIpc) is 3.04. The molecule has 0 atom stereocenters. The van der Waals surface area contributed by atoms with Gasteiger partial charge in [0.2, 0.25) is 5.91 Å². The number of piperazine rings is 1. The Labute approximate surface area is 198 Å². The third-order valence-corrected chi connectivity index (χ3v) is 6.45. The number of benzene rings is 1. The van der Waals surface area contributed by atoms with Crippen molar-refractivity contribution in [1.29, 1.82) is 0 Å². The van der Waals surface area contributed by atoms with Crippen molar-refractivity contribution in [2.24, 2.45) is 0 Å². The van der Waals surface area contributed by atoms with Crippen molar-refractivity contribution in [3.05, 3.63) is 69.0 Å². The van der Waals surface area contributed by atoms with Gasteiger partial charge >= 0.3 is 0 Å². The zero-order chi connectivity index (χ0) is 23.7. The van der Waals surface area contributed by atoms with E-state index < -0.39 is 0 Å². The SMILES string of the molecule is Cc1cc(C)nc(-n2nc(C)c(CC(=O)N3CCN(Cc4c(F)cccc4Cl)CC3)c2C)n1. The zero-order valence-corrected chi connectivity index (χ0v) is 20.2. The van der Waals surface area contributed by atoms with Gasteiger partial charge in [-0.2, -0.15) is 5.10 Å². The fourth-order valence-corrected chi connectivity index (χ4v) is 4.48. The maximum Gasteiger partial charge on any atom is 0.251 e. The molecule has 0 radical (unpaired) electrons. The fourth-order valence-electron chi connectivity index (χ4n) is 4.25. The van der Waals surface area contributed by atoms with E-state index in [-0.39, 0.29) is 18.1 Å². The van der Waals surface area contributed by atoms with Gasteiger partial charge in [0, 0.05) is 66.0 Å². The highest BCUT2D eigenvalue weighted by molar-refractivity contribution is 6.31. The molecule has 1 amide bonds. The van der Waals surface area contributed by atoms with Crippen LogP contribution in [0, 0.1) is 33.5 Å². The number of hydrogen-bond donors (Lipinski definition) is 0. The van der Waals surface area contributed by atoms with Gasteiger partial charge in [0.25, 0.3) is 5.95 Å². The smallest absolute Gasteiger partial charge is 0.251 e. The molecule has 1 aromatic carbocycles. The topological polar surface area (TPSA) is 67.2 Å². The number of carbonyl (C=O) groups is 1. The Balaban J connectivity index is 1.41. The van der Waals surface area contributed by atoms with Crippen LogP contribution in [0.25, 0.3) is 5.95 Å². The van der Waals surface area contributed by atoms with Crippen molar-refractivity contribution in [2.45, 2.75) is 40.7 Å². The molecule has 1 saturated heterocycles. The number of aryl methyl sites for hydroxylation is 3. The van der Waals surface area contributed by atoms with Gasteiger partial charge < -0.3 is 4.90 Å². The largest absolute Gasteiger partial charge is 0.340 e. The second kappa shape index (κ2) is 9.57. The Kier molecular flexibility index (Phi) is 6.76. The molecule has 0 N–H and O–H groups in total. The lowest BCUT2D eigenvalue weighted by atomic mass is 10.1. The molecule has 0 bridgehead atoms. The van der Waals surface area contributed by atoms with Crippen LogP contribution >= 0.6 is 11.6 Å². The van der Waals surface area contributed by atoms with Crippen LogP contribution in [0.1, 0.15) is 33.9 Å². The van der Waals surface area contributed by atoms with E-state index in [2.05, 4.69) is 20.0 Å². The first kappa shape index (κ1) is 23.3. The van der Waals surface area contributed by atoms with Gasteiger partial charge in [-0.3, -0.25) is 9.69 Å². The summed E-state index contributed by atoms with van der Waals surface area (Å²) >= 11 is 6.16. The minimum absolute atomic E-state index is 0.0608. The Hall–Kier alpha value is -2.84. The number of aromatic nitrogens is 4. The van der Waals surface area contributed by atoms with Gasteiger partial charge in [-0.1, -0.05) is 17.7 Å². The first-order valence-electron chi connectivity index (χ1n) is 11.0. The summed E-state index contributed by atoms with van der Waals surface area (Å²) in [5.41, 5.74) is 4.83. The van der Waals surface area contributed by atoms with Crippen molar-refractivity contribution in [3.63, 3.8) is 0 Å². The number of amides is 1. The summed E-state index contributed by atoms with van der Waals surface area (Å²) in [6.07, 6.45) is 0.279. The van der Waals surface area contributed by atoms with E-state index in [1.54, 1.807) is 16.8 Å². The number of nitrogens with zero attached hydrogens (tertiary/aromatic N) is 6. The van der Waals surface area contributed by atoms with Crippen LogP contribution in [0.3, 0.4) is 0 Å². The predicted molar refractivity (Wildman–Crippen MR) is 125 cm³/mol. The number of rotatable bonds is 5. The molecule has 0 aliphatic carbocycles. The molecule has 1 fully saturated rings. The first-order chi connectivity index (χ1) is 15.7. The Morgan fingerprint density at radius 2 is 1.70 bits per heavy atom. The molecular weight excluding hydrogens is 443 g/mol. The molecule has 174 valence electrons. The van der Waals surface area contributed by atoms with Crippen LogP contribution in [0.2, 0.25) is 5.02 Å². The third-order valence-electron chi connectivity index (χ3n) is 6.10. The lowest BCUT2D eigenvalue weighted by molar-refractivity contribution is -0.132. The first-order valence-corrected chi connectivity index (χ1v) is 11.4. The highest BCUT2D eigenvalue weighted by Crippen LogP contribution is 2.22. The van der Waals surface area contributed by atoms with Crippen molar-refractivity contribution < 1.29 is 9.18 Å². The second-order valence-corrected chi connectivity index (χ2v) is 8.95. The van der Waals surface area contributed by atoms with Crippen LogP contribution in [0.5, 0.6) is 0 Å². The molecule has 1 aliphatic rings. The van der Waals surface area contributed by atoms with Crippen molar-refractivity contribution in [3.8, 4) is 5.95 Å². The number of halogens is 2.